The van der Waals surface area contributed by atoms with E-state index in [9.17, 15) is 10.1 Å². The average Bonchev–Trinajstić information content (AvgIpc) is 2.39. The number of nitrogens with zero attached hydrogens (tertiary/aromatic N) is 3. The summed E-state index contributed by atoms with van der Waals surface area (Å²) in [6.07, 6.45) is 1.45. The van der Waals surface area contributed by atoms with Crippen LogP contribution in [-0.4, -0.2) is 24.0 Å². The van der Waals surface area contributed by atoms with Crippen LogP contribution in [0.1, 0.15) is 0 Å². The van der Waals surface area contributed by atoms with Crippen molar-refractivity contribution in [2.45, 2.75) is 0 Å². The highest BCUT2D eigenvalue weighted by atomic mass is 16.6. The minimum Gasteiger partial charge on any atom is -0.378 e. The SMILES string of the molecule is CN(C)c1cccc(-c2cc([N+](=O)[O-])ccn2)c1. The molecule has 0 aliphatic carbocycles. The first-order valence-corrected chi connectivity index (χ1v) is 5.46. The molecule has 5 heteroatoms. The molecular formula is C13H13N3O2. The van der Waals surface area contributed by atoms with Gasteiger partial charge in [0.1, 0.15) is 0 Å². The molecule has 0 saturated heterocycles. The smallest absolute Gasteiger partial charge is 0.273 e. The number of pyridine rings is 1. The molecule has 92 valence electrons. The van der Waals surface area contributed by atoms with Gasteiger partial charge in [0.25, 0.3) is 5.69 Å². The van der Waals surface area contributed by atoms with Gasteiger partial charge < -0.3 is 4.90 Å². The number of aromatic nitrogens is 1. The molecule has 0 bridgehead atoms. The molecule has 1 aromatic carbocycles. The first-order chi connectivity index (χ1) is 8.58. The second-order valence-electron chi connectivity index (χ2n) is 4.10. The van der Waals surface area contributed by atoms with Crippen LogP contribution in [0.15, 0.2) is 42.6 Å². The van der Waals surface area contributed by atoms with E-state index in [1.54, 1.807) is 0 Å². The molecule has 0 aliphatic heterocycles. The van der Waals surface area contributed by atoms with E-state index >= 15 is 0 Å². The average molecular weight is 243 g/mol. The molecule has 0 saturated carbocycles. The maximum Gasteiger partial charge on any atom is 0.273 e. The monoisotopic (exact) mass is 243 g/mol. The fourth-order valence-electron chi connectivity index (χ4n) is 1.63. The second-order valence-corrected chi connectivity index (χ2v) is 4.10. The van der Waals surface area contributed by atoms with Crippen molar-refractivity contribution < 1.29 is 4.92 Å². The maximum atomic E-state index is 10.7. The Morgan fingerprint density at radius 3 is 2.67 bits per heavy atom. The zero-order chi connectivity index (χ0) is 13.1. The van der Waals surface area contributed by atoms with Crippen LogP contribution in [0.2, 0.25) is 0 Å². The van der Waals surface area contributed by atoms with E-state index in [-0.39, 0.29) is 5.69 Å². The van der Waals surface area contributed by atoms with Crippen LogP contribution < -0.4 is 4.90 Å². The topological polar surface area (TPSA) is 59.3 Å². The van der Waals surface area contributed by atoms with Gasteiger partial charge in [-0.2, -0.15) is 0 Å². The zero-order valence-electron chi connectivity index (χ0n) is 10.2. The third-order valence-electron chi connectivity index (χ3n) is 2.61. The molecule has 0 aliphatic rings. The maximum absolute atomic E-state index is 10.7. The Hall–Kier alpha value is -2.43. The molecule has 18 heavy (non-hydrogen) atoms. The van der Waals surface area contributed by atoms with E-state index in [4.69, 9.17) is 0 Å². The summed E-state index contributed by atoms with van der Waals surface area (Å²) in [7, 11) is 3.89. The molecule has 1 aromatic heterocycles. The number of hydrogen-bond acceptors (Lipinski definition) is 4. The number of nitro groups is 1. The summed E-state index contributed by atoms with van der Waals surface area (Å²) in [4.78, 5) is 16.5. The highest BCUT2D eigenvalue weighted by molar-refractivity contribution is 5.66. The first-order valence-electron chi connectivity index (χ1n) is 5.46. The van der Waals surface area contributed by atoms with Crippen LogP contribution in [0.5, 0.6) is 0 Å². The lowest BCUT2D eigenvalue weighted by atomic mass is 10.1. The van der Waals surface area contributed by atoms with Gasteiger partial charge in [-0.25, -0.2) is 0 Å². The van der Waals surface area contributed by atoms with Gasteiger partial charge in [0.2, 0.25) is 0 Å². The molecule has 0 fully saturated rings. The first kappa shape index (κ1) is 12.0. The van der Waals surface area contributed by atoms with Crippen molar-refractivity contribution in [1.82, 2.24) is 4.98 Å². The van der Waals surface area contributed by atoms with Gasteiger partial charge >= 0.3 is 0 Å². The van der Waals surface area contributed by atoms with E-state index < -0.39 is 4.92 Å². The van der Waals surface area contributed by atoms with E-state index in [2.05, 4.69) is 4.98 Å². The lowest BCUT2D eigenvalue weighted by molar-refractivity contribution is -0.384. The Kier molecular flexibility index (Phi) is 3.23. The summed E-state index contributed by atoms with van der Waals surface area (Å²) < 4.78 is 0. The van der Waals surface area contributed by atoms with Crippen molar-refractivity contribution in [3.05, 3.63) is 52.7 Å². The van der Waals surface area contributed by atoms with E-state index in [0.29, 0.717) is 5.69 Å². The highest BCUT2D eigenvalue weighted by Crippen LogP contribution is 2.24. The predicted molar refractivity (Wildman–Crippen MR) is 70.7 cm³/mol. The van der Waals surface area contributed by atoms with Crippen molar-refractivity contribution in [3.63, 3.8) is 0 Å². The third-order valence-corrected chi connectivity index (χ3v) is 2.61. The Morgan fingerprint density at radius 2 is 2.00 bits per heavy atom. The van der Waals surface area contributed by atoms with E-state index in [1.807, 2.05) is 43.3 Å². The number of anilines is 1. The zero-order valence-corrected chi connectivity index (χ0v) is 10.2. The van der Waals surface area contributed by atoms with Crippen LogP contribution in [0.4, 0.5) is 11.4 Å². The Labute approximate surface area is 105 Å². The van der Waals surface area contributed by atoms with Crippen molar-refractivity contribution in [2.24, 2.45) is 0 Å². The second kappa shape index (κ2) is 4.83. The van der Waals surface area contributed by atoms with Gasteiger partial charge in [-0.3, -0.25) is 15.1 Å². The van der Waals surface area contributed by atoms with Gasteiger partial charge in [0.05, 0.1) is 10.6 Å². The lowest BCUT2D eigenvalue weighted by Gasteiger charge is -2.13. The predicted octanol–water partition coefficient (Wildman–Crippen LogP) is 2.72. The molecule has 2 aromatic rings. The lowest BCUT2D eigenvalue weighted by Crippen LogP contribution is -2.08. The standard InChI is InChI=1S/C13H13N3O2/c1-15(2)11-5-3-4-10(8-11)13-9-12(16(17)18)6-7-14-13/h3-9H,1-2H3. The fraction of sp³-hybridized carbons (Fsp3) is 0.154. The van der Waals surface area contributed by atoms with Gasteiger partial charge in [0, 0.05) is 43.7 Å². The summed E-state index contributed by atoms with van der Waals surface area (Å²) in [6.45, 7) is 0. The molecule has 1 heterocycles. The minimum absolute atomic E-state index is 0.0512. The molecular weight excluding hydrogens is 230 g/mol. The van der Waals surface area contributed by atoms with Gasteiger partial charge in [-0.1, -0.05) is 12.1 Å². The van der Waals surface area contributed by atoms with Gasteiger partial charge in [0.15, 0.2) is 0 Å². The van der Waals surface area contributed by atoms with Crippen LogP contribution in [0, 0.1) is 10.1 Å². The Morgan fingerprint density at radius 1 is 1.22 bits per heavy atom. The van der Waals surface area contributed by atoms with Crippen LogP contribution in [-0.2, 0) is 0 Å². The molecule has 0 unspecified atom stereocenters. The summed E-state index contributed by atoms with van der Waals surface area (Å²) in [5, 5.41) is 10.7. The van der Waals surface area contributed by atoms with Gasteiger partial charge in [-0.15, -0.1) is 0 Å². The van der Waals surface area contributed by atoms with Gasteiger partial charge in [-0.05, 0) is 12.1 Å². The summed E-state index contributed by atoms with van der Waals surface area (Å²) >= 11 is 0. The molecule has 0 N–H and O–H groups in total. The molecule has 0 amide bonds. The number of rotatable bonds is 3. The Balaban J connectivity index is 2.45. The molecule has 0 atom stereocenters. The van der Waals surface area contributed by atoms with Crippen molar-refractivity contribution in [2.75, 3.05) is 19.0 Å². The fourth-order valence-corrected chi connectivity index (χ4v) is 1.63. The van der Waals surface area contributed by atoms with Crippen molar-refractivity contribution in [3.8, 4) is 11.3 Å². The van der Waals surface area contributed by atoms with Crippen LogP contribution in [0.25, 0.3) is 11.3 Å². The Bertz CT molecular complexity index is 582. The quantitative estimate of drug-likeness (QED) is 0.614. The van der Waals surface area contributed by atoms with Crippen molar-refractivity contribution in [1.29, 1.82) is 0 Å². The molecule has 0 radical (unpaired) electrons. The molecule has 5 nitrogen and oxygen atoms in total. The number of benzene rings is 1. The molecule has 0 spiro atoms. The summed E-state index contributed by atoms with van der Waals surface area (Å²) in [6, 6.07) is 10.6. The normalized spacial score (nSPS) is 10.1. The van der Waals surface area contributed by atoms with E-state index in [1.165, 1.54) is 18.3 Å². The van der Waals surface area contributed by atoms with Crippen molar-refractivity contribution >= 4 is 11.4 Å². The summed E-state index contributed by atoms with van der Waals surface area (Å²) in [5.41, 5.74) is 2.55. The van der Waals surface area contributed by atoms with Crippen LogP contribution in [0.3, 0.4) is 0 Å². The third kappa shape index (κ3) is 2.45. The largest absolute Gasteiger partial charge is 0.378 e. The minimum atomic E-state index is -0.416. The number of hydrogen-bond donors (Lipinski definition) is 0. The van der Waals surface area contributed by atoms with Crippen LogP contribution >= 0.6 is 0 Å². The highest BCUT2D eigenvalue weighted by Gasteiger charge is 2.08. The van der Waals surface area contributed by atoms with E-state index in [0.717, 1.165) is 11.3 Å². The molecule has 2 rings (SSSR count). The summed E-state index contributed by atoms with van der Waals surface area (Å²) in [5.74, 6) is 0.